The zero-order valence-electron chi connectivity index (χ0n) is 8.82. The van der Waals surface area contributed by atoms with Crippen molar-refractivity contribution in [1.29, 1.82) is 0 Å². The molecule has 86 valence electrons. The molecule has 1 amide bonds. The van der Waals surface area contributed by atoms with Gasteiger partial charge in [-0.25, -0.2) is 4.39 Å². The van der Waals surface area contributed by atoms with Crippen LogP contribution in [0.15, 0.2) is 24.3 Å². The molecule has 1 aromatic carbocycles. The van der Waals surface area contributed by atoms with E-state index in [0.29, 0.717) is 18.8 Å². The summed E-state index contributed by atoms with van der Waals surface area (Å²) >= 11 is 0. The van der Waals surface area contributed by atoms with Crippen LogP contribution in [0.4, 0.5) is 10.1 Å². The quantitative estimate of drug-likeness (QED) is 0.747. The summed E-state index contributed by atoms with van der Waals surface area (Å²) in [5, 5.41) is 2.78. The van der Waals surface area contributed by atoms with Crippen LogP contribution in [-0.2, 0) is 4.79 Å². The number of amides is 1. The molecule has 1 unspecified atom stereocenters. The molecule has 2 rings (SSSR count). The number of hydrogen-bond donors (Lipinski definition) is 2. The molecule has 1 saturated heterocycles. The molecule has 0 radical (unpaired) electrons. The predicted molar refractivity (Wildman–Crippen MR) is 59.6 cm³/mol. The number of benzene rings is 1. The Balaban J connectivity index is 2.17. The smallest absolute Gasteiger partial charge is 0.239 e. The summed E-state index contributed by atoms with van der Waals surface area (Å²) in [6, 6.07) is 6.16. The number of nitrogens with zero attached hydrogens (tertiary/aromatic N) is 1. The maximum Gasteiger partial charge on any atom is 0.239 e. The maximum atomic E-state index is 13.0. The minimum Gasteiger partial charge on any atom is -0.360 e. The van der Waals surface area contributed by atoms with Crippen LogP contribution in [0.2, 0.25) is 0 Å². The molecule has 1 heterocycles. The molecule has 16 heavy (non-hydrogen) atoms. The molecule has 0 saturated carbocycles. The number of carbonyl (C=O) groups excluding carboxylic acids is 1. The summed E-state index contributed by atoms with van der Waals surface area (Å²) < 4.78 is 13.0. The average Bonchev–Trinajstić information content (AvgIpc) is 2.28. The fraction of sp³-hybridized carbons (Fsp3) is 0.364. The molecule has 1 fully saturated rings. The van der Waals surface area contributed by atoms with Crippen LogP contribution in [0.3, 0.4) is 0 Å². The summed E-state index contributed by atoms with van der Waals surface area (Å²) in [6.07, 6.45) is 0. The summed E-state index contributed by atoms with van der Waals surface area (Å²) in [5.41, 5.74) is 6.24. The second kappa shape index (κ2) is 4.49. The third kappa shape index (κ3) is 2.30. The van der Waals surface area contributed by atoms with Gasteiger partial charge in [0.15, 0.2) is 0 Å². The lowest BCUT2D eigenvalue weighted by Crippen LogP contribution is -2.56. The highest BCUT2D eigenvalue weighted by Crippen LogP contribution is 2.17. The standard InChI is InChI=1S/C11H14FN3O/c12-8-2-1-3-10(4-8)15-6-9(5-13)14-11(16)7-15/h1-4,9H,5-7,13H2,(H,14,16). The minimum absolute atomic E-state index is 0.0653. The monoisotopic (exact) mass is 223 g/mol. The molecule has 1 aliphatic heterocycles. The molecule has 1 atom stereocenters. The van der Waals surface area contributed by atoms with Crippen molar-refractivity contribution < 1.29 is 9.18 Å². The van der Waals surface area contributed by atoms with E-state index < -0.39 is 0 Å². The van der Waals surface area contributed by atoms with Gasteiger partial charge in [0.05, 0.1) is 12.6 Å². The third-order valence-electron chi connectivity index (χ3n) is 2.60. The molecule has 0 aliphatic carbocycles. The van der Waals surface area contributed by atoms with Gasteiger partial charge in [0, 0.05) is 18.8 Å². The third-order valence-corrected chi connectivity index (χ3v) is 2.60. The highest BCUT2D eigenvalue weighted by Gasteiger charge is 2.23. The van der Waals surface area contributed by atoms with Gasteiger partial charge in [-0.3, -0.25) is 4.79 Å². The van der Waals surface area contributed by atoms with Crippen LogP contribution < -0.4 is 16.0 Å². The van der Waals surface area contributed by atoms with E-state index in [2.05, 4.69) is 5.32 Å². The SMILES string of the molecule is NCC1CN(c2cccc(F)c2)CC(=O)N1. The van der Waals surface area contributed by atoms with Crippen LogP contribution in [0, 0.1) is 5.82 Å². The van der Waals surface area contributed by atoms with Crippen molar-refractivity contribution in [3.63, 3.8) is 0 Å². The Morgan fingerprint density at radius 1 is 1.56 bits per heavy atom. The minimum atomic E-state index is -0.298. The van der Waals surface area contributed by atoms with Crippen LogP contribution in [0.25, 0.3) is 0 Å². The first-order chi connectivity index (χ1) is 7.69. The topological polar surface area (TPSA) is 58.4 Å². The first kappa shape index (κ1) is 10.9. The number of nitrogens with one attached hydrogen (secondary N) is 1. The van der Waals surface area contributed by atoms with Crippen LogP contribution in [-0.4, -0.2) is 31.6 Å². The molecule has 1 aliphatic rings. The molecular formula is C11H14FN3O. The number of halogens is 1. The predicted octanol–water partition coefficient (Wildman–Crippen LogP) is 0.0892. The average molecular weight is 223 g/mol. The van der Waals surface area contributed by atoms with Crippen LogP contribution >= 0.6 is 0 Å². The molecule has 1 aromatic rings. The van der Waals surface area contributed by atoms with Gasteiger partial charge in [-0.1, -0.05) is 6.07 Å². The van der Waals surface area contributed by atoms with Gasteiger partial charge >= 0.3 is 0 Å². The first-order valence-electron chi connectivity index (χ1n) is 5.19. The summed E-state index contributed by atoms with van der Waals surface area (Å²) in [4.78, 5) is 13.2. The van der Waals surface area contributed by atoms with Gasteiger partial charge in [-0.2, -0.15) is 0 Å². The number of rotatable bonds is 2. The summed E-state index contributed by atoms with van der Waals surface area (Å²) in [5.74, 6) is -0.376. The fourth-order valence-electron chi connectivity index (χ4n) is 1.83. The zero-order chi connectivity index (χ0) is 11.5. The number of hydrogen-bond acceptors (Lipinski definition) is 3. The van der Waals surface area contributed by atoms with Gasteiger partial charge in [-0.15, -0.1) is 0 Å². The Kier molecular flexibility index (Phi) is 3.05. The molecule has 0 spiro atoms. The van der Waals surface area contributed by atoms with Gasteiger partial charge < -0.3 is 16.0 Å². The van der Waals surface area contributed by atoms with Gasteiger partial charge in [0.1, 0.15) is 5.82 Å². The van der Waals surface area contributed by atoms with E-state index in [9.17, 15) is 9.18 Å². The van der Waals surface area contributed by atoms with Crippen LogP contribution in [0.5, 0.6) is 0 Å². The molecule has 0 bridgehead atoms. The van der Waals surface area contributed by atoms with E-state index >= 15 is 0 Å². The Labute approximate surface area is 93.2 Å². The Hall–Kier alpha value is -1.62. The van der Waals surface area contributed by atoms with Crippen molar-refractivity contribution in [2.75, 3.05) is 24.5 Å². The van der Waals surface area contributed by atoms with E-state index in [0.717, 1.165) is 0 Å². The summed E-state index contributed by atoms with van der Waals surface area (Å²) in [6.45, 7) is 1.25. The van der Waals surface area contributed by atoms with E-state index in [4.69, 9.17) is 5.73 Å². The normalized spacial score (nSPS) is 20.8. The number of nitrogens with two attached hydrogens (primary N) is 1. The lowest BCUT2D eigenvalue weighted by Gasteiger charge is -2.33. The van der Waals surface area contributed by atoms with Crippen molar-refractivity contribution in [1.82, 2.24) is 5.32 Å². The number of carbonyl (C=O) groups is 1. The Morgan fingerprint density at radius 3 is 3.06 bits per heavy atom. The van der Waals surface area contributed by atoms with E-state index in [-0.39, 0.29) is 24.3 Å². The molecule has 0 aromatic heterocycles. The largest absolute Gasteiger partial charge is 0.360 e. The zero-order valence-corrected chi connectivity index (χ0v) is 8.82. The van der Waals surface area contributed by atoms with E-state index in [1.807, 2.05) is 4.90 Å². The van der Waals surface area contributed by atoms with Gasteiger partial charge in [-0.05, 0) is 18.2 Å². The van der Waals surface area contributed by atoms with E-state index in [1.165, 1.54) is 12.1 Å². The Morgan fingerprint density at radius 2 is 2.38 bits per heavy atom. The lowest BCUT2D eigenvalue weighted by atomic mass is 10.1. The van der Waals surface area contributed by atoms with Crippen molar-refractivity contribution in [3.05, 3.63) is 30.1 Å². The maximum absolute atomic E-state index is 13.0. The second-order valence-corrected chi connectivity index (χ2v) is 3.86. The summed E-state index contributed by atoms with van der Waals surface area (Å²) in [7, 11) is 0. The van der Waals surface area contributed by atoms with Crippen molar-refractivity contribution in [2.45, 2.75) is 6.04 Å². The number of piperazine rings is 1. The van der Waals surface area contributed by atoms with Crippen molar-refractivity contribution >= 4 is 11.6 Å². The molecule has 5 heteroatoms. The van der Waals surface area contributed by atoms with E-state index in [1.54, 1.807) is 12.1 Å². The molecule has 3 N–H and O–H groups in total. The highest BCUT2D eigenvalue weighted by atomic mass is 19.1. The van der Waals surface area contributed by atoms with Gasteiger partial charge in [0.25, 0.3) is 0 Å². The van der Waals surface area contributed by atoms with Crippen LogP contribution in [0.1, 0.15) is 0 Å². The second-order valence-electron chi connectivity index (χ2n) is 3.86. The first-order valence-corrected chi connectivity index (χ1v) is 5.19. The van der Waals surface area contributed by atoms with Gasteiger partial charge in [0.2, 0.25) is 5.91 Å². The van der Waals surface area contributed by atoms with Crippen molar-refractivity contribution in [2.24, 2.45) is 5.73 Å². The number of anilines is 1. The fourth-order valence-corrected chi connectivity index (χ4v) is 1.83. The molecular weight excluding hydrogens is 209 g/mol. The Bertz CT molecular complexity index is 397. The highest BCUT2D eigenvalue weighted by molar-refractivity contribution is 5.83. The lowest BCUT2D eigenvalue weighted by molar-refractivity contribution is -0.121. The molecule has 4 nitrogen and oxygen atoms in total. The van der Waals surface area contributed by atoms with Crippen molar-refractivity contribution in [3.8, 4) is 0 Å².